The van der Waals surface area contributed by atoms with E-state index < -0.39 is 0 Å². The van der Waals surface area contributed by atoms with E-state index in [0.29, 0.717) is 5.89 Å². The number of nitrogens with zero attached hydrogens (tertiary/aromatic N) is 3. The molecule has 5 nitrogen and oxygen atoms in total. The van der Waals surface area contributed by atoms with Crippen molar-refractivity contribution in [2.45, 2.75) is 0 Å². The fourth-order valence-corrected chi connectivity index (χ4v) is 6.11. The Hall–Kier alpha value is -5.68. The lowest BCUT2D eigenvalue weighted by molar-refractivity contribution is 0.620. The molecule has 0 aliphatic carbocycles. The zero-order valence-corrected chi connectivity index (χ0v) is 21.9. The molecule has 41 heavy (non-hydrogen) atoms. The molecule has 0 fully saturated rings. The minimum atomic E-state index is 0.626. The Labute approximate surface area is 234 Å². The van der Waals surface area contributed by atoms with Crippen LogP contribution in [0.2, 0.25) is 0 Å². The third-order valence-corrected chi connectivity index (χ3v) is 8.03. The number of oxazole rings is 1. The van der Waals surface area contributed by atoms with E-state index in [1.807, 2.05) is 48.7 Å². The van der Waals surface area contributed by atoms with Crippen LogP contribution in [-0.2, 0) is 0 Å². The van der Waals surface area contributed by atoms with E-state index in [2.05, 4.69) is 93.4 Å². The van der Waals surface area contributed by atoms with E-state index in [-0.39, 0.29) is 0 Å². The third kappa shape index (κ3) is 3.29. The summed E-state index contributed by atoms with van der Waals surface area (Å²) in [5.41, 5.74) is 9.13. The van der Waals surface area contributed by atoms with Gasteiger partial charge < -0.3 is 9.40 Å². The van der Waals surface area contributed by atoms with Crippen molar-refractivity contribution in [1.29, 1.82) is 0 Å². The number of hydrogen-bond acceptors (Lipinski definition) is 3. The number of hydrogen-bond donors (Lipinski definition) is 1. The molecule has 4 aromatic heterocycles. The van der Waals surface area contributed by atoms with Crippen LogP contribution in [0.15, 0.2) is 132 Å². The lowest BCUT2D eigenvalue weighted by Crippen LogP contribution is -1.97. The molecule has 4 heterocycles. The highest BCUT2D eigenvalue weighted by Crippen LogP contribution is 2.38. The first-order chi connectivity index (χ1) is 20.3. The zero-order valence-electron chi connectivity index (χ0n) is 21.9. The second kappa shape index (κ2) is 8.41. The summed E-state index contributed by atoms with van der Waals surface area (Å²) in [7, 11) is 0. The van der Waals surface area contributed by atoms with Gasteiger partial charge in [-0.05, 0) is 54.1 Å². The van der Waals surface area contributed by atoms with Crippen LogP contribution in [0.5, 0.6) is 0 Å². The smallest absolute Gasteiger partial charge is 0.227 e. The van der Waals surface area contributed by atoms with E-state index in [1.54, 1.807) is 0 Å². The van der Waals surface area contributed by atoms with Crippen molar-refractivity contribution >= 4 is 54.7 Å². The second-order valence-corrected chi connectivity index (χ2v) is 10.4. The fraction of sp³-hybridized carbons (Fsp3) is 0. The average molecular weight is 527 g/mol. The summed E-state index contributed by atoms with van der Waals surface area (Å²) in [6, 6.07) is 41.8. The summed E-state index contributed by atoms with van der Waals surface area (Å²) in [6.07, 6.45) is 1.94. The minimum absolute atomic E-state index is 0.626. The third-order valence-electron chi connectivity index (χ3n) is 8.03. The van der Waals surface area contributed by atoms with Crippen molar-refractivity contribution in [3.05, 3.63) is 128 Å². The maximum atomic E-state index is 6.12. The lowest BCUT2D eigenvalue weighted by atomic mass is 10.1. The molecule has 0 unspecified atom stereocenters. The van der Waals surface area contributed by atoms with Gasteiger partial charge in [0.2, 0.25) is 5.89 Å². The predicted molar refractivity (Wildman–Crippen MR) is 166 cm³/mol. The summed E-state index contributed by atoms with van der Waals surface area (Å²) < 4.78 is 8.40. The number of aromatic amines is 1. The first-order valence-corrected chi connectivity index (χ1v) is 13.7. The Morgan fingerprint density at radius 2 is 1.39 bits per heavy atom. The van der Waals surface area contributed by atoms with E-state index >= 15 is 0 Å². The van der Waals surface area contributed by atoms with Gasteiger partial charge in [-0.2, -0.15) is 0 Å². The fourth-order valence-electron chi connectivity index (χ4n) is 6.11. The highest BCUT2D eigenvalue weighted by Gasteiger charge is 2.18. The number of pyridine rings is 1. The van der Waals surface area contributed by atoms with Crippen LogP contribution in [0.1, 0.15) is 0 Å². The summed E-state index contributed by atoms with van der Waals surface area (Å²) in [6.45, 7) is 0. The molecule has 0 atom stereocenters. The van der Waals surface area contributed by atoms with Gasteiger partial charge in [-0.15, -0.1) is 0 Å². The van der Waals surface area contributed by atoms with Crippen LogP contribution in [-0.4, -0.2) is 19.5 Å². The van der Waals surface area contributed by atoms with Crippen molar-refractivity contribution in [3.63, 3.8) is 0 Å². The Kier molecular flexibility index (Phi) is 4.55. The number of aromatic nitrogens is 4. The van der Waals surface area contributed by atoms with Crippen LogP contribution < -0.4 is 0 Å². The number of para-hydroxylation sites is 2. The van der Waals surface area contributed by atoms with Crippen LogP contribution in [0.4, 0.5) is 0 Å². The summed E-state index contributed by atoms with van der Waals surface area (Å²) >= 11 is 0. The summed E-state index contributed by atoms with van der Waals surface area (Å²) in [4.78, 5) is 13.4. The van der Waals surface area contributed by atoms with Gasteiger partial charge in [-0.1, -0.05) is 72.8 Å². The minimum Gasteiger partial charge on any atom is -0.436 e. The molecule has 5 heteroatoms. The first kappa shape index (κ1) is 22.2. The van der Waals surface area contributed by atoms with Gasteiger partial charge in [0.15, 0.2) is 5.58 Å². The predicted octanol–water partition coefficient (Wildman–Crippen LogP) is 9.29. The largest absolute Gasteiger partial charge is 0.436 e. The van der Waals surface area contributed by atoms with E-state index in [4.69, 9.17) is 9.40 Å². The zero-order chi connectivity index (χ0) is 26.9. The van der Waals surface area contributed by atoms with Crippen molar-refractivity contribution in [2.75, 3.05) is 0 Å². The molecule has 0 bridgehead atoms. The Morgan fingerprint density at radius 1 is 0.610 bits per heavy atom. The monoisotopic (exact) mass is 526 g/mol. The molecule has 0 saturated heterocycles. The summed E-state index contributed by atoms with van der Waals surface area (Å²) in [5.74, 6) is 1.50. The standard InChI is InChI=1S/C36H22N4O/c1-2-8-22(9-3-1)36-39-30-18-14-23(20-32(30)41-36)24-15-19-33(37-21-24)40-31-13-7-5-11-26(31)28-17-16-27-25-10-4-6-12-29(25)38-34(27)35(28)40/h1-21,38H. The van der Waals surface area contributed by atoms with Gasteiger partial charge in [0, 0.05) is 44.4 Å². The van der Waals surface area contributed by atoms with Crippen molar-refractivity contribution < 1.29 is 4.42 Å². The highest BCUT2D eigenvalue weighted by molar-refractivity contribution is 6.22. The number of rotatable bonds is 3. The maximum Gasteiger partial charge on any atom is 0.227 e. The Bertz CT molecular complexity index is 2410. The normalized spacial score (nSPS) is 11.9. The molecule has 5 aromatic carbocycles. The van der Waals surface area contributed by atoms with Gasteiger partial charge in [0.25, 0.3) is 0 Å². The Morgan fingerprint density at radius 3 is 2.27 bits per heavy atom. The van der Waals surface area contributed by atoms with E-state index in [9.17, 15) is 0 Å². The topological polar surface area (TPSA) is 59.6 Å². The SMILES string of the molecule is c1ccc(-c2nc3ccc(-c4ccc(-n5c6ccccc6c6ccc7c8ccccc8[nH]c7c65)nc4)cc3o2)cc1. The second-order valence-electron chi connectivity index (χ2n) is 10.4. The molecule has 0 spiro atoms. The van der Waals surface area contributed by atoms with Gasteiger partial charge in [-0.3, -0.25) is 4.57 Å². The molecule has 1 N–H and O–H groups in total. The van der Waals surface area contributed by atoms with E-state index in [1.165, 1.54) is 21.5 Å². The van der Waals surface area contributed by atoms with Crippen molar-refractivity contribution in [2.24, 2.45) is 0 Å². The Balaban J connectivity index is 1.20. The van der Waals surface area contributed by atoms with Crippen molar-refractivity contribution in [1.82, 2.24) is 19.5 Å². The van der Waals surface area contributed by atoms with Gasteiger partial charge in [-0.25, -0.2) is 9.97 Å². The molecule has 0 aliphatic rings. The first-order valence-electron chi connectivity index (χ1n) is 13.7. The maximum absolute atomic E-state index is 6.12. The van der Waals surface area contributed by atoms with Gasteiger partial charge in [0.05, 0.1) is 16.6 Å². The number of fused-ring (bicyclic) bond motifs is 8. The van der Waals surface area contributed by atoms with Gasteiger partial charge >= 0.3 is 0 Å². The van der Waals surface area contributed by atoms with Gasteiger partial charge in [0.1, 0.15) is 11.3 Å². The highest BCUT2D eigenvalue weighted by atomic mass is 16.3. The van der Waals surface area contributed by atoms with Crippen LogP contribution in [0.25, 0.3) is 83.1 Å². The molecular weight excluding hydrogens is 504 g/mol. The summed E-state index contributed by atoms with van der Waals surface area (Å²) in [5, 5.41) is 4.85. The molecule has 0 aliphatic heterocycles. The van der Waals surface area contributed by atoms with Crippen molar-refractivity contribution in [3.8, 4) is 28.4 Å². The van der Waals surface area contributed by atoms with E-state index in [0.717, 1.165) is 55.7 Å². The molecule has 192 valence electrons. The molecule has 9 rings (SSSR count). The molecule has 0 amide bonds. The molecule has 9 aromatic rings. The molecule has 0 radical (unpaired) electrons. The van der Waals surface area contributed by atoms with Crippen LogP contribution in [0, 0.1) is 0 Å². The van der Waals surface area contributed by atoms with Crippen LogP contribution in [0.3, 0.4) is 0 Å². The quantitative estimate of drug-likeness (QED) is 0.250. The molecular formula is C36H22N4O. The number of H-pyrrole nitrogens is 1. The average Bonchev–Trinajstić information content (AvgIpc) is 3.73. The van der Waals surface area contributed by atoms with Crippen LogP contribution >= 0.6 is 0 Å². The lowest BCUT2D eigenvalue weighted by Gasteiger charge is -2.09. The molecule has 0 saturated carbocycles. The number of benzene rings is 5. The number of nitrogens with one attached hydrogen (secondary N) is 1.